The van der Waals surface area contributed by atoms with Gasteiger partial charge in [-0.05, 0) is 6.42 Å². The SMILES string of the molecule is CCCCCCCCCCCCCCCCCCNc1cc(OC)nc(N)n1. The predicted octanol–water partition coefficient (Wildman–Crippen LogP) is 6.74. The van der Waals surface area contributed by atoms with E-state index in [9.17, 15) is 0 Å². The molecule has 0 atom stereocenters. The molecule has 0 aliphatic heterocycles. The number of hydrogen-bond acceptors (Lipinski definition) is 5. The first-order chi connectivity index (χ1) is 13.8. The zero-order valence-corrected chi connectivity index (χ0v) is 18.5. The third-order valence-electron chi connectivity index (χ3n) is 5.27. The Balaban J connectivity index is 1.82. The largest absolute Gasteiger partial charge is 0.481 e. The van der Waals surface area contributed by atoms with Crippen molar-refractivity contribution in [1.29, 1.82) is 0 Å². The van der Waals surface area contributed by atoms with Crippen molar-refractivity contribution >= 4 is 11.8 Å². The lowest BCUT2D eigenvalue weighted by atomic mass is 10.0. The average molecular weight is 393 g/mol. The van der Waals surface area contributed by atoms with Crippen LogP contribution in [0.1, 0.15) is 110 Å². The first kappa shape index (κ1) is 24.5. The van der Waals surface area contributed by atoms with E-state index in [0.717, 1.165) is 18.8 Å². The van der Waals surface area contributed by atoms with Gasteiger partial charge in [0.2, 0.25) is 11.8 Å². The van der Waals surface area contributed by atoms with Crippen molar-refractivity contribution in [2.45, 2.75) is 110 Å². The number of nitrogens with zero attached hydrogens (tertiary/aromatic N) is 2. The topological polar surface area (TPSA) is 73.1 Å². The summed E-state index contributed by atoms with van der Waals surface area (Å²) in [5.74, 6) is 1.49. The molecular formula is C23H44N4O. The summed E-state index contributed by atoms with van der Waals surface area (Å²) in [5.41, 5.74) is 5.66. The maximum atomic E-state index is 5.66. The second-order valence-corrected chi connectivity index (χ2v) is 7.88. The minimum Gasteiger partial charge on any atom is -0.481 e. The molecule has 28 heavy (non-hydrogen) atoms. The molecule has 0 aromatic carbocycles. The van der Waals surface area contributed by atoms with E-state index >= 15 is 0 Å². The number of methoxy groups -OCH3 is 1. The number of hydrogen-bond donors (Lipinski definition) is 2. The molecule has 0 bridgehead atoms. The Bertz CT molecular complexity index is 482. The third-order valence-corrected chi connectivity index (χ3v) is 5.27. The summed E-state index contributed by atoms with van der Waals surface area (Å²) in [4.78, 5) is 8.15. The quantitative estimate of drug-likeness (QED) is 0.255. The molecule has 162 valence electrons. The molecule has 1 aromatic heterocycles. The molecule has 0 fully saturated rings. The highest BCUT2D eigenvalue weighted by Gasteiger charge is 2.01. The van der Waals surface area contributed by atoms with Crippen LogP contribution < -0.4 is 15.8 Å². The van der Waals surface area contributed by atoms with Crippen LogP contribution in [0.25, 0.3) is 0 Å². The van der Waals surface area contributed by atoms with Gasteiger partial charge in [0.15, 0.2) is 0 Å². The van der Waals surface area contributed by atoms with E-state index in [4.69, 9.17) is 10.5 Å². The summed E-state index contributed by atoms with van der Waals surface area (Å²) in [6.07, 6.45) is 22.2. The van der Waals surface area contributed by atoms with Crippen LogP contribution in [0.3, 0.4) is 0 Å². The summed E-state index contributed by atoms with van der Waals surface area (Å²) >= 11 is 0. The average Bonchev–Trinajstić information content (AvgIpc) is 2.70. The van der Waals surface area contributed by atoms with Crippen LogP contribution in [0.5, 0.6) is 5.88 Å². The molecule has 0 radical (unpaired) electrons. The first-order valence-corrected chi connectivity index (χ1v) is 11.7. The number of unbranched alkanes of at least 4 members (excludes halogenated alkanes) is 15. The van der Waals surface area contributed by atoms with E-state index in [1.54, 1.807) is 13.2 Å². The van der Waals surface area contributed by atoms with Gasteiger partial charge in [0.25, 0.3) is 0 Å². The first-order valence-electron chi connectivity index (χ1n) is 11.7. The number of nitrogens with two attached hydrogens (primary N) is 1. The van der Waals surface area contributed by atoms with Crippen molar-refractivity contribution in [2.24, 2.45) is 0 Å². The molecule has 0 saturated heterocycles. The van der Waals surface area contributed by atoms with Gasteiger partial charge >= 0.3 is 0 Å². The number of rotatable bonds is 19. The van der Waals surface area contributed by atoms with Gasteiger partial charge in [-0.2, -0.15) is 9.97 Å². The zero-order valence-electron chi connectivity index (χ0n) is 18.5. The van der Waals surface area contributed by atoms with Gasteiger partial charge in [0.1, 0.15) is 5.82 Å². The highest BCUT2D eigenvalue weighted by Crippen LogP contribution is 2.15. The molecule has 5 heteroatoms. The molecule has 3 N–H and O–H groups in total. The van der Waals surface area contributed by atoms with Crippen molar-refractivity contribution in [3.63, 3.8) is 0 Å². The highest BCUT2D eigenvalue weighted by atomic mass is 16.5. The van der Waals surface area contributed by atoms with E-state index in [-0.39, 0.29) is 5.95 Å². The van der Waals surface area contributed by atoms with E-state index < -0.39 is 0 Å². The van der Waals surface area contributed by atoms with Crippen LogP contribution in [0, 0.1) is 0 Å². The summed E-state index contributed by atoms with van der Waals surface area (Å²) < 4.78 is 5.10. The van der Waals surface area contributed by atoms with Gasteiger partial charge < -0.3 is 15.8 Å². The molecule has 1 heterocycles. The maximum absolute atomic E-state index is 5.66. The Hall–Kier alpha value is -1.52. The molecule has 0 aliphatic carbocycles. The van der Waals surface area contributed by atoms with Gasteiger partial charge in [-0.25, -0.2) is 0 Å². The van der Waals surface area contributed by atoms with Crippen LogP contribution in [-0.4, -0.2) is 23.6 Å². The molecule has 1 aromatic rings. The predicted molar refractivity (Wildman–Crippen MR) is 121 cm³/mol. The standard InChI is InChI=1S/C23H44N4O/c1-3-4-5-6-7-8-9-10-11-12-13-14-15-16-17-18-19-25-21-20-22(28-2)27-23(24)26-21/h20H,3-19H2,1-2H3,(H3,24,25,26,27). The van der Waals surface area contributed by atoms with Gasteiger partial charge in [0.05, 0.1) is 7.11 Å². The Labute approximate surface area is 173 Å². The van der Waals surface area contributed by atoms with Crippen molar-refractivity contribution in [1.82, 2.24) is 9.97 Å². The van der Waals surface area contributed by atoms with Crippen LogP contribution in [0.4, 0.5) is 11.8 Å². The molecular weight excluding hydrogens is 348 g/mol. The number of ether oxygens (including phenoxy) is 1. The third kappa shape index (κ3) is 13.6. The molecule has 0 amide bonds. The van der Waals surface area contributed by atoms with E-state index in [1.165, 1.54) is 96.3 Å². The monoisotopic (exact) mass is 392 g/mol. The lowest BCUT2D eigenvalue weighted by Crippen LogP contribution is -2.06. The van der Waals surface area contributed by atoms with Crippen LogP contribution >= 0.6 is 0 Å². The lowest BCUT2D eigenvalue weighted by Gasteiger charge is -2.07. The van der Waals surface area contributed by atoms with Crippen LogP contribution in [0.15, 0.2) is 6.07 Å². The Morgan fingerprint density at radius 3 is 1.68 bits per heavy atom. The van der Waals surface area contributed by atoms with E-state index in [1.807, 2.05) is 0 Å². The Morgan fingerprint density at radius 1 is 0.750 bits per heavy atom. The Morgan fingerprint density at radius 2 is 1.21 bits per heavy atom. The van der Waals surface area contributed by atoms with Crippen LogP contribution in [-0.2, 0) is 0 Å². The minimum absolute atomic E-state index is 0.244. The molecule has 5 nitrogen and oxygen atoms in total. The fourth-order valence-corrected chi connectivity index (χ4v) is 3.53. The van der Waals surface area contributed by atoms with Crippen molar-refractivity contribution < 1.29 is 4.74 Å². The summed E-state index contributed by atoms with van der Waals surface area (Å²) in [6, 6.07) is 1.78. The number of anilines is 2. The number of nitrogens with one attached hydrogen (secondary N) is 1. The normalized spacial score (nSPS) is 10.9. The van der Waals surface area contributed by atoms with Gasteiger partial charge in [-0.3, -0.25) is 0 Å². The van der Waals surface area contributed by atoms with Gasteiger partial charge in [-0.15, -0.1) is 0 Å². The van der Waals surface area contributed by atoms with Crippen molar-refractivity contribution in [3.8, 4) is 5.88 Å². The molecule has 0 aliphatic rings. The second-order valence-electron chi connectivity index (χ2n) is 7.88. The van der Waals surface area contributed by atoms with Crippen molar-refractivity contribution in [2.75, 3.05) is 24.7 Å². The smallest absolute Gasteiger partial charge is 0.225 e. The van der Waals surface area contributed by atoms with E-state index in [2.05, 4.69) is 22.2 Å². The summed E-state index contributed by atoms with van der Waals surface area (Å²) in [5, 5.41) is 3.30. The van der Waals surface area contributed by atoms with E-state index in [0.29, 0.717) is 5.88 Å². The molecule has 0 spiro atoms. The number of aromatic nitrogens is 2. The molecule has 0 unspecified atom stereocenters. The van der Waals surface area contributed by atoms with Crippen molar-refractivity contribution in [3.05, 3.63) is 6.07 Å². The summed E-state index contributed by atoms with van der Waals surface area (Å²) in [6.45, 7) is 3.20. The molecule has 0 saturated carbocycles. The maximum Gasteiger partial charge on any atom is 0.225 e. The van der Waals surface area contributed by atoms with Gasteiger partial charge in [-0.1, -0.05) is 103 Å². The lowest BCUT2D eigenvalue weighted by molar-refractivity contribution is 0.398. The van der Waals surface area contributed by atoms with Crippen LogP contribution in [0.2, 0.25) is 0 Å². The van der Waals surface area contributed by atoms with Gasteiger partial charge in [0, 0.05) is 12.6 Å². The fraction of sp³-hybridized carbons (Fsp3) is 0.826. The minimum atomic E-state index is 0.244. The summed E-state index contributed by atoms with van der Waals surface area (Å²) in [7, 11) is 1.58. The second kappa shape index (κ2) is 17.6. The highest BCUT2D eigenvalue weighted by molar-refractivity contribution is 5.42. The Kier molecular flexibility index (Phi) is 15.4. The molecule has 1 rings (SSSR count). The number of nitrogen functional groups attached to an aromatic ring is 1. The fourth-order valence-electron chi connectivity index (χ4n) is 3.53. The zero-order chi connectivity index (χ0) is 20.3.